The highest BCUT2D eigenvalue weighted by Crippen LogP contribution is 2.22. The van der Waals surface area contributed by atoms with E-state index >= 15 is 0 Å². The van der Waals surface area contributed by atoms with Crippen LogP contribution in [0.3, 0.4) is 0 Å². The molecule has 2 N–H and O–H groups in total. The molecular formula is C13H21BrN2OS. The van der Waals surface area contributed by atoms with Crippen LogP contribution in [0.4, 0.5) is 0 Å². The highest BCUT2D eigenvalue weighted by molar-refractivity contribution is 9.11. The fraction of sp³-hybridized carbons (Fsp3) is 0.615. The minimum absolute atomic E-state index is 0.153. The average molecular weight is 333 g/mol. The summed E-state index contributed by atoms with van der Waals surface area (Å²) >= 11 is 5.01. The number of nitrogens with zero attached hydrogens (tertiary/aromatic N) is 1. The molecule has 0 aliphatic rings. The van der Waals surface area contributed by atoms with Crippen molar-refractivity contribution in [3.05, 3.63) is 20.8 Å². The van der Waals surface area contributed by atoms with E-state index in [-0.39, 0.29) is 11.9 Å². The van der Waals surface area contributed by atoms with Crippen LogP contribution in [0.5, 0.6) is 0 Å². The number of hydrogen-bond acceptors (Lipinski definition) is 3. The number of carbonyl (C=O) groups excluding carboxylic acids is 1. The van der Waals surface area contributed by atoms with Crippen molar-refractivity contribution in [2.75, 3.05) is 13.6 Å². The Labute approximate surface area is 121 Å². The first kappa shape index (κ1) is 15.7. The van der Waals surface area contributed by atoms with Crippen molar-refractivity contribution >= 4 is 33.2 Å². The third-order valence-corrected chi connectivity index (χ3v) is 4.66. The maximum absolute atomic E-state index is 12.0. The lowest BCUT2D eigenvalue weighted by Crippen LogP contribution is -2.35. The zero-order chi connectivity index (χ0) is 13.7. The van der Waals surface area contributed by atoms with Crippen molar-refractivity contribution in [2.24, 2.45) is 11.7 Å². The van der Waals surface area contributed by atoms with Gasteiger partial charge in [-0.05, 0) is 40.4 Å². The molecule has 102 valence electrons. The van der Waals surface area contributed by atoms with Gasteiger partial charge in [0.1, 0.15) is 0 Å². The monoisotopic (exact) mass is 332 g/mol. The summed E-state index contributed by atoms with van der Waals surface area (Å²) in [6.45, 7) is 4.94. The van der Waals surface area contributed by atoms with Gasteiger partial charge in [-0.3, -0.25) is 4.79 Å². The smallest absolute Gasteiger partial charge is 0.227 e. The summed E-state index contributed by atoms with van der Waals surface area (Å²) in [7, 11) is 1.85. The first-order valence-corrected chi connectivity index (χ1v) is 7.75. The second-order valence-corrected chi connectivity index (χ2v) is 7.44. The quantitative estimate of drug-likeness (QED) is 0.870. The standard InChI is InChI=1S/C13H21BrN2OS/c1-9(2)11(15)6-7-16(3)13(17)8-10-4-5-12(14)18-10/h4-5,9,11H,6-8,15H2,1-3H3. The lowest BCUT2D eigenvalue weighted by molar-refractivity contribution is -0.129. The van der Waals surface area contributed by atoms with Crippen LogP contribution in [0.1, 0.15) is 25.1 Å². The Morgan fingerprint density at radius 3 is 2.67 bits per heavy atom. The fourth-order valence-corrected chi connectivity index (χ4v) is 3.01. The van der Waals surface area contributed by atoms with Crippen molar-refractivity contribution in [3.8, 4) is 0 Å². The largest absolute Gasteiger partial charge is 0.345 e. The van der Waals surface area contributed by atoms with Crippen LogP contribution in [0.25, 0.3) is 0 Å². The van der Waals surface area contributed by atoms with Crippen molar-refractivity contribution in [1.29, 1.82) is 0 Å². The van der Waals surface area contributed by atoms with Gasteiger partial charge >= 0.3 is 0 Å². The summed E-state index contributed by atoms with van der Waals surface area (Å²) in [5.41, 5.74) is 5.98. The topological polar surface area (TPSA) is 46.3 Å². The van der Waals surface area contributed by atoms with Crippen molar-refractivity contribution in [2.45, 2.75) is 32.7 Å². The van der Waals surface area contributed by atoms with E-state index in [9.17, 15) is 4.79 Å². The molecule has 0 aromatic carbocycles. The van der Waals surface area contributed by atoms with Gasteiger partial charge in [0.15, 0.2) is 0 Å². The molecule has 0 bridgehead atoms. The fourth-order valence-electron chi connectivity index (χ4n) is 1.53. The molecule has 0 saturated heterocycles. The molecule has 1 heterocycles. The molecule has 1 amide bonds. The van der Waals surface area contributed by atoms with E-state index in [2.05, 4.69) is 29.8 Å². The van der Waals surface area contributed by atoms with Crippen molar-refractivity contribution < 1.29 is 4.79 Å². The van der Waals surface area contributed by atoms with E-state index in [1.807, 2.05) is 19.2 Å². The number of amides is 1. The third-order valence-electron chi connectivity index (χ3n) is 3.03. The lowest BCUT2D eigenvalue weighted by atomic mass is 10.0. The number of rotatable bonds is 6. The van der Waals surface area contributed by atoms with Crippen LogP contribution < -0.4 is 5.73 Å². The average Bonchev–Trinajstić information content (AvgIpc) is 2.70. The minimum Gasteiger partial charge on any atom is -0.345 e. The van der Waals surface area contributed by atoms with Crippen LogP contribution in [0.2, 0.25) is 0 Å². The van der Waals surface area contributed by atoms with Gasteiger partial charge < -0.3 is 10.6 Å². The van der Waals surface area contributed by atoms with Crippen LogP contribution >= 0.6 is 27.3 Å². The SMILES string of the molecule is CC(C)C(N)CCN(C)C(=O)Cc1ccc(Br)s1. The predicted octanol–water partition coefficient (Wildman–Crippen LogP) is 2.88. The van der Waals surface area contributed by atoms with E-state index in [0.29, 0.717) is 12.3 Å². The van der Waals surface area contributed by atoms with E-state index in [0.717, 1.165) is 21.6 Å². The molecule has 0 fully saturated rings. The molecule has 1 aromatic rings. The molecule has 0 saturated carbocycles. The Balaban J connectivity index is 2.37. The molecule has 5 heteroatoms. The van der Waals surface area contributed by atoms with Crippen LogP contribution in [0, 0.1) is 5.92 Å². The maximum Gasteiger partial charge on any atom is 0.227 e. The number of likely N-dealkylation sites (N-methyl/N-ethyl adjacent to an activating group) is 1. The molecule has 0 radical (unpaired) electrons. The number of hydrogen-bond donors (Lipinski definition) is 1. The highest BCUT2D eigenvalue weighted by Gasteiger charge is 2.13. The third kappa shape index (κ3) is 5.08. The van der Waals surface area contributed by atoms with Gasteiger partial charge in [0.2, 0.25) is 5.91 Å². The van der Waals surface area contributed by atoms with Gasteiger partial charge in [0.05, 0.1) is 10.2 Å². The van der Waals surface area contributed by atoms with Gasteiger partial charge in [-0.1, -0.05) is 13.8 Å². The van der Waals surface area contributed by atoms with Gasteiger partial charge in [0, 0.05) is 24.5 Å². The molecule has 3 nitrogen and oxygen atoms in total. The van der Waals surface area contributed by atoms with Gasteiger partial charge in [-0.15, -0.1) is 11.3 Å². The highest BCUT2D eigenvalue weighted by atomic mass is 79.9. The summed E-state index contributed by atoms with van der Waals surface area (Å²) in [4.78, 5) is 14.8. The number of thiophene rings is 1. The molecule has 0 aliphatic heterocycles. The zero-order valence-corrected chi connectivity index (χ0v) is 13.6. The summed E-state index contributed by atoms with van der Waals surface area (Å²) in [5.74, 6) is 0.613. The van der Waals surface area contributed by atoms with Gasteiger partial charge in [-0.25, -0.2) is 0 Å². The van der Waals surface area contributed by atoms with E-state index in [1.54, 1.807) is 16.2 Å². The van der Waals surface area contributed by atoms with E-state index < -0.39 is 0 Å². The Kier molecular flexibility index (Phi) is 6.32. The van der Waals surface area contributed by atoms with Crippen LogP contribution in [-0.4, -0.2) is 30.4 Å². The summed E-state index contributed by atoms with van der Waals surface area (Å²) in [6.07, 6.45) is 1.33. The number of nitrogens with two attached hydrogens (primary N) is 1. The number of carbonyl (C=O) groups is 1. The molecular weight excluding hydrogens is 312 g/mol. The second-order valence-electron chi connectivity index (χ2n) is 4.89. The molecule has 0 aliphatic carbocycles. The molecule has 1 aromatic heterocycles. The Hall–Kier alpha value is -0.390. The molecule has 1 unspecified atom stereocenters. The Bertz CT molecular complexity index is 392. The zero-order valence-electron chi connectivity index (χ0n) is 11.1. The Morgan fingerprint density at radius 2 is 2.17 bits per heavy atom. The first-order valence-electron chi connectivity index (χ1n) is 6.14. The molecule has 18 heavy (non-hydrogen) atoms. The molecule has 1 atom stereocenters. The van der Waals surface area contributed by atoms with Crippen molar-refractivity contribution in [3.63, 3.8) is 0 Å². The normalized spacial score (nSPS) is 12.8. The van der Waals surface area contributed by atoms with E-state index in [4.69, 9.17) is 5.73 Å². The number of halogens is 1. The van der Waals surface area contributed by atoms with Gasteiger partial charge in [-0.2, -0.15) is 0 Å². The summed E-state index contributed by atoms with van der Waals surface area (Å²) in [6, 6.07) is 4.12. The maximum atomic E-state index is 12.0. The molecule has 0 spiro atoms. The van der Waals surface area contributed by atoms with Crippen LogP contribution in [0.15, 0.2) is 15.9 Å². The second kappa shape index (κ2) is 7.26. The minimum atomic E-state index is 0.153. The Morgan fingerprint density at radius 1 is 1.50 bits per heavy atom. The predicted molar refractivity (Wildman–Crippen MR) is 80.8 cm³/mol. The summed E-state index contributed by atoms with van der Waals surface area (Å²) < 4.78 is 1.06. The molecule has 1 rings (SSSR count). The first-order chi connectivity index (χ1) is 8.40. The van der Waals surface area contributed by atoms with Gasteiger partial charge in [0.25, 0.3) is 0 Å². The van der Waals surface area contributed by atoms with E-state index in [1.165, 1.54) is 0 Å². The summed E-state index contributed by atoms with van der Waals surface area (Å²) in [5, 5.41) is 0. The lowest BCUT2D eigenvalue weighted by Gasteiger charge is -2.21. The van der Waals surface area contributed by atoms with Crippen molar-refractivity contribution in [1.82, 2.24) is 4.90 Å². The van der Waals surface area contributed by atoms with Crippen LogP contribution in [-0.2, 0) is 11.2 Å².